The molecule has 0 radical (unpaired) electrons. The normalized spacial score (nSPS) is 12.6. The molecule has 6 nitrogen and oxygen atoms in total. The largest absolute Gasteiger partial charge is 0.460 e. The van der Waals surface area contributed by atoms with Gasteiger partial charge in [0.1, 0.15) is 5.60 Å². The number of nitrogens with zero attached hydrogens (tertiary/aromatic N) is 1. The molecule has 0 aliphatic carbocycles. The lowest BCUT2D eigenvalue weighted by Gasteiger charge is -2.28. The number of hydrogen-bond acceptors (Lipinski definition) is 6. The number of anilines is 1. The Bertz CT molecular complexity index is 635. The van der Waals surface area contributed by atoms with E-state index in [9.17, 15) is 14.9 Å². The molecule has 0 bridgehead atoms. The van der Waals surface area contributed by atoms with Gasteiger partial charge in [0.2, 0.25) is 0 Å². The number of nitrogens with one attached hydrogen (secondary N) is 1. The summed E-state index contributed by atoms with van der Waals surface area (Å²) < 4.78 is 5.44. The third-order valence-electron chi connectivity index (χ3n) is 4.15. The van der Waals surface area contributed by atoms with Crippen LogP contribution in [0.1, 0.15) is 38.3 Å². The van der Waals surface area contributed by atoms with Crippen molar-refractivity contribution < 1.29 is 19.7 Å². The van der Waals surface area contributed by atoms with Gasteiger partial charge >= 0.3 is 13.0 Å². The van der Waals surface area contributed by atoms with Gasteiger partial charge in [-0.05, 0) is 51.2 Å². The molecule has 1 atom stereocenters. The number of ether oxygens (including phenoxy) is 1. The highest BCUT2D eigenvalue weighted by Gasteiger charge is 2.24. The second kappa shape index (κ2) is 12.7. The Hall–Kier alpha value is -0.985. The Morgan fingerprint density at radius 1 is 1.28 bits per heavy atom. The lowest BCUT2D eigenvalue weighted by molar-refractivity contribution is -0.155. The first-order chi connectivity index (χ1) is 13.6. The summed E-state index contributed by atoms with van der Waals surface area (Å²) in [4.78, 5) is 14.4. The van der Waals surface area contributed by atoms with Gasteiger partial charge in [-0.15, -0.1) is 23.2 Å². The van der Waals surface area contributed by atoms with Crippen LogP contribution in [0.5, 0.6) is 0 Å². The van der Waals surface area contributed by atoms with E-state index < -0.39 is 12.7 Å². The van der Waals surface area contributed by atoms with Gasteiger partial charge in [0.15, 0.2) is 0 Å². The van der Waals surface area contributed by atoms with Crippen molar-refractivity contribution in [1.82, 2.24) is 5.23 Å². The van der Waals surface area contributed by atoms with E-state index in [0.717, 1.165) is 16.8 Å². The van der Waals surface area contributed by atoms with Crippen molar-refractivity contribution in [3.05, 3.63) is 29.3 Å². The SMILES string of the molecule is CB(O)N[C@H](CC(=O)OC(C)(C)C)Cc1cc(CO)ccc1N(CCCl)CCCl. The summed E-state index contributed by atoms with van der Waals surface area (Å²) in [5, 5.41) is 22.4. The predicted molar refractivity (Wildman–Crippen MR) is 121 cm³/mol. The van der Waals surface area contributed by atoms with Crippen LogP contribution in [-0.2, 0) is 22.6 Å². The van der Waals surface area contributed by atoms with Gasteiger partial charge in [0.25, 0.3) is 0 Å². The van der Waals surface area contributed by atoms with E-state index >= 15 is 0 Å². The molecule has 0 aliphatic rings. The van der Waals surface area contributed by atoms with Gasteiger partial charge in [-0.25, -0.2) is 0 Å². The van der Waals surface area contributed by atoms with E-state index in [-0.39, 0.29) is 25.0 Å². The molecule has 0 aliphatic heterocycles. The average molecular weight is 447 g/mol. The highest BCUT2D eigenvalue weighted by atomic mass is 35.5. The van der Waals surface area contributed by atoms with E-state index in [1.807, 2.05) is 39.0 Å². The molecule has 3 N–H and O–H groups in total. The van der Waals surface area contributed by atoms with Crippen molar-refractivity contribution in [3.8, 4) is 0 Å². The van der Waals surface area contributed by atoms with Gasteiger partial charge < -0.3 is 25.0 Å². The summed E-state index contributed by atoms with van der Waals surface area (Å²) in [6, 6.07) is 5.37. The number of aliphatic hydroxyl groups excluding tert-OH is 1. The fraction of sp³-hybridized carbons (Fsp3) is 0.650. The molecule has 0 aromatic heterocycles. The van der Waals surface area contributed by atoms with Gasteiger partial charge in [-0.2, -0.15) is 0 Å². The maximum Gasteiger partial charge on any atom is 0.373 e. The summed E-state index contributed by atoms with van der Waals surface area (Å²) in [6.45, 7) is 8.24. The first-order valence-electron chi connectivity index (χ1n) is 9.85. The van der Waals surface area contributed by atoms with Crippen LogP contribution in [0.2, 0.25) is 6.82 Å². The Kier molecular flexibility index (Phi) is 11.4. The Labute approximate surface area is 184 Å². The van der Waals surface area contributed by atoms with Gasteiger partial charge in [-0.3, -0.25) is 4.79 Å². The standard InChI is InChI=1S/C20H33BCl2N2O4/c1-20(2,3)29-19(27)13-17(24-21(4)28)12-16-11-15(14-26)5-6-18(16)25(9-7-22)10-8-23/h5-6,11,17,24,26,28H,7-10,12-14H2,1-4H3/t17-/m0/s1. The molecule has 1 aromatic rings. The molecular weight excluding hydrogens is 414 g/mol. The highest BCUT2D eigenvalue weighted by molar-refractivity contribution is 6.45. The first kappa shape index (κ1) is 26.1. The smallest absolute Gasteiger partial charge is 0.373 e. The molecule has 1 aromatic carbocycles. The maximum absolute atomic E-state index is 12.4. The van der Waals surface area contributed by atoms with E-state index in [1.54, 1.807) is 6.82 Å². The quantitative estimate of drug-likeness (QED) is 0.260. The minimum Gasteiger partial charge on any atom is -0.460 e. The molecule has 0 saturated carbocycles. The van der Waals surface area contributed by atoms with Gasteiger partial charge in [-0.1, -0.05) is 12.1 Å². The molecule has 1 rings (SSSR count). The fourth-order valence-corrected chi connectivity index (χ4v) is 3.55. The number of alkyl halides is 2. The van der Waals surface area contributed by atoms with E-state index in [0.29, 0.717) is 31.3 Å². The van der Waals surface area contributed by atoms with Crippen LogP contribution in [0.4, 0.5) is 5.69 Å². The first-order valence-corrected chi connectivity index (χ1v) is 10.9. The van der Waals surface area contributed by atoms with E-state index in [2.05, 4.69) is 10.1 Å². The number of carbonyl (C=O) groups is 1. The van der Waals surface area contributed by atoms with Crippen molar-refractivity contribution in [2.24, 2.45) is 0 Å². The fourth-order valence-electron chi connectivity index (χ4n) is 3.15. The summed E-state index contributed by atoms with van der Waals surface area (Å²) in [5.74, 6) is 0.560. The minimum atomic E-state index is -0.784. The maximum atomic E-state index is 12.4. The Morgan fingerprint density at radius 3 is 2.38 bits per heavy atom. The van der Waals surface area contributed by atoms with Crippen LogP contribution >= 0.6 is 23.2 Å². The summed E-state index contributed by atoms with van der Waals surface area (Å²) in [7, 11) is -0.784. The molecule has 0 fully saturated rings. The zero-order valence-electron chi connectivity index (χ0n) is 17.8. The highest BCUT2D eigenvalue weighted by Crippen LogP contribution is 2.25. The average Bonchev–Trinajstić information content (AvgIpc) is 2.59. The summed E-state index contributed by atoms with van der Waals surface area (Å²) >= 11 is 11.9. The Morgan fingerprint density at radius 2 is 1.90 bits per heavy atom. The molecular formula is C20H33BCl2N2O4. The molecule has 0 spiro atoms. The third-order valence-corrected chi connectivity index (χ3v) is 4.49. The number of carbonyl (C=O) groups excluding carboxylic acids is 1. The monoisotopic (exact) mass is 446 g/mol. The molecule has 29 heavy (non-hydrogen) atoms. The number of hydrogen-bond donors (Lipinski definition) is 3. The van der Waals surface area contributed by atoms with Crippen molar-refractivity contribution >= 4 is 41.9 Å². The molecule has 0 unspecified atom stereocenters. The van der Waals surface area contributed by atoms with Crippen LogP contribution < -0.4 is 10.1 Å². The predicted octanol–water partition coefficient (Wildman–Crippen LogP) is 2.81. The summed E-state index contributed by atoms with van der Waals surface area (Å²) in [6.07, 6.45) is 0.574. The van der Waals surface area contributed by atoms with Gasteiger partial charge in [0, 0.05) is 36.6 Å². The molecule has 0 saturated heterocycles. The number of halogens is 2. The lowest BCUT2D eigenvalue weighted by atomic mass is 9.85. The number of aliphatic hydroxyl groups is 1. The van der Waals surface area contributed by atoms with E-state index in [4.69, 9.17) is 27.9 Å². The number of esters is 1. The van der Waals surface area contributed by atoms with Crippen molar-refractivity contribution in [2.75, 3.05) is 29.7 Å². The second-order valence-corrected chi connectivity index (χ2v) is 8.78. The second-order valence-electron chi connectivity index (χ2n) is 8.02. The van der Waals surface area contributed by atoms with Crippen LogP contribution in [0.25, 0.3) is 0 Å². The van der Waals surface area contributed by atoms with Crippen LogP contribution in [0.3, 0.4) is 0 Å². The van der Waals surface area contributed by atoms with Crippen molar-refractivity contribution in [3.63, 3.8) is 0 Å². The van der Waals surface area contributed by atoms with Crippen molar-refractivity contribution in [2.45, 2.75) is 58.7 Å². The van der Waals surface area contributed by atoms with Crippen LogP contribution in [-0.4, -0.2) is 59.6 Å². The molecule has 164 valence electrons. The molecule has 9 heteroatoms. The summed E-state index contributed by atoms with van der Waals surface area (Å²) in [5.41, 5.74) is 2.08. The minimum absolute atomic E-state index is 0.0845. The number of rotatable bonds is 12. The zero-order valence-corrected chi connectivity index (χ0v) is 19.3. The van der Waals surface area contributed by atoms with E-state index in [1.165, 1.54) is 0 Å². The molecule has 0 heterocycles. The lowest BCUT2D eigenvalue weighted by Crippen LogP contribution is -2.43. The Balaban J connectivity index is 3.15. The number of benzene rings is 1. The van der Waals surface area contributed by atoms with Gasteiger partial charge in [0.05, 0.1) is 13.0 Å². The molecule has 0 amide bonds. The third kappa shape index (κ3) is 10.0. The zero-order chi connectivity index (χ0) is 22.0. The van der Waals surface area contributed by atoms with Crippen LogP contribution in [0.15, 0.2) is 18.2 Å². The van der Waals surface area contributed by atoms with Crippen molar-refractivity contribution in [1.29, 1.82) is 0 Å². The topological polar surface area (TPSA) is 82.0 Å². The van der Waals surface area contributed by atoms with Crippen LogP contribution in [0, 0.1) is 0 Å².